The van der Waals surface area contributed by atoms with Crippen LogP contribution in [0.2, 0.25) is 0 Å². The molecule has 1 aliphatic heterocycles. The van der Waals surface area contributed by atoms with Crippen LogP contribution in [-0.4, -0.2) is 41.4 Å². The minimum absolute atomic E-state index is 0.192. The lowest BCUT2D eigenvalue weighted by Crippen LogP contribution is -2.40. The number of thiazole rings is 1. The van der Waals surface area contributed by atoms with Gasteiger partial charge in [-0.05, 0) is 93.6 Å². The minimum Gasteiger partial charge on any atom is -0.496 e. The maximum absolute atomic E-state index is 14.4. The van der Waals surface area contributed by atoms with Crippen LogP contribution in [0.3, 0.4) is 0 Å². The van der Waals surface area contributed by atoms with Gasteiger partial charge in [-0.15, -0.1) is 0 Å². The molecule has 1 atom stereocenters. The number of nitrogens with zero attached hydrogens (tertiary/aromatic N) is 3. The number of fused-ring (bicyclic) bond motifs is 2. The topological polar surface area (TPSA) is 101 Å². The fourth-order valence-corrected chi connectivity index (χ4v) is 7.27. The first-order valence-corrected chi connectivity index (χ1v) is 16.2. The van der Waals surface area contributed by atoms with Gasteiger partial charge in [0.1, 0.15) is 5.75 Å². The number of allylic oxidation sites excluding steroid dienone is 1. The van der Waals surface area contributed by atoms with Gasteiger partial charge < -0.3 is 18.8 Å². The number of esters is 2. The Bertz CT molecular complexity index is 2260. The van der Waals surface area contributed by atoms with Crippen molar-refractivity contribution >= 4 is 40.1 Å². The quantitative estimate of drug-likeness (QED) is 0.205. The smallest absolute Gasteiger partial charge is 0.338 e. The highest BCUT2D eigenvalue weighted by Crippen LogP contribution is 2.38. The normalized spacial score (nSPS) is 14.6. The van der Waals surface area contributed by atoms with Gasteiger partial charge in [-0.3, -0.25) is 9.36 Å². The van der Waals surface area contributed by atoms with Gasteiger partial charge in [0, 0.05) is 22.5 Å². The predicted molar refractivity (Wildman–Crippen MR) is 182 cm³/mol. The summed E-state index contributed by atoms with van der Waals surface area (Å²) in [6, 6.07) is 20.1. The molecule has 2 aromatic heterocycles. The van der Waals surface area contributed by atoms with Crippen molar-refractivity contribution in [3.05, 3.63) is 126 Å². The van der Waals surface area contributed by atoms with Gasteiger partial charge in [0.15, 0.2) is 4.80 Å². The molecule has 240 valence electrons. The molecule has 0 spiro atoms. The van der Waals surface area contributed by atoms with E-state index in [0.717, 1.165) is 39.0 Å². The molecule has 6 rings (SSSR count). The molecule has 0 aliphatic carbocycles. The molecular formula is C37H35N3O6S. The first-order chi connectivity index (χ1) is 22.7. The lowest BCUT2D eigenvalue weighted by atomic mass is 9.91. The van der Waals surface area contributed by atoms with E-state index >= 15 is 0 Å². The summed E-state index contributed by atoms with van der Waals surface area (Å²) in [7, 11) is 1.62. The number of rotatable bonds is 8. The SMILES string of the molecule is CCOC(=O)C1=C(C)N=c2s/c(=C\c3cc(C)n(-c4ccc(C(=O)OCC)cc4)c3C)c(=O)n2C1c1ccc(OC)c2ccccc12. The fourth-order valence-electron chi connectivity index (χ4n) is 6.23. The highest BCUT2D eigenvalue weighted by Gasteiger charge is 2.34. The Hall–Kier alpha value is -5.22. The molecule has 9 nitrogen and oxygen atoms in total. The molecule has 3 heterocycles. The van der Waals surface area contributed by atoms with E-state index in [9.17, 15) is 14.4 Å². The Balaban J connectivity index is 1.51. The maximum atomic E-state index is 14.4. The number of ether oxygens (including phenoxy) is 3. The largest absolute Gasteiger partial charge is 0.496 e. The maximum Gasteiger partial charge on any atom is 0.338 e. The molecule has 0 amide bonds. The summed E-state index contributed by atoms with van der Waals surface area (Å²) in [6.45, 7) is 9.80. The second-order valence-corrected chi connectivity index (χ2v) is 12.1. The molecule has 0 saturated heterocycles. The Morgan fingerprint density at radius 1 is 0.915 bits per heavy atom. The highest BCUT2D eigenvalue weighted by molar-refractivity contribution is 7.07. The monoisotopic (exact) mass is 649 g/mol. The number of aryl methyl sites for hydroxylation is 1. The lowest BCUT2D eigenvalue weighted by molar-refractivity contribution is -0.139. The third-order valence-corrected chi connectivity index (χ3v) is 9.33. The van der Waals surface area contributed by atoms with Gasteiger partial charge in [0.05, 0.1) is 47.7 Å². The molecular weight excluding hydrogens is 614 g/mol. The van der Waals surface area contributed by atoms with Gasteiger partial charge in [-0.2, -0.15) is 0 Å². The third kappa shape index (κ3) is 5.59. The van der Waals surface area contributed by atoms with Crippen LogP contribution in [0, 0.1) is 13.8 Å². The van der Waals surface area contributed by atoms with E-state index in [1.165, 1.54) is 11.3 Å². The van der Waals surface area contributed by atoms with Gasteiger partial charge in [0.25, 0.3) is 5.56 Å². The van der Waals surface area contributed by atoms with E-state index in [2.05, 4.69) is 4.57 Å². The Labute approximate surface area is 275 Å². The van der Waals surface area contributed by atoms with Crippen molar-refractivity contribution in [3.63, 3.8) is 0 Å². The summed E-state index contributed by atoms with van der Waals surface area (Å²) in [4.78, 5) is 45.2. The first kappa shape index (κ1) is 31.7. The first-order valence-electron chi connectivity index (χ1n) is 15.4. The fraction of sp³-hybridized carbons (Fsp3) is 0.243. The van der Waals surface area contributed by atoms with E-state index < -0.39 is 12.0 Å². The van der Waals surface area contributed by atoms with Crippen molar-refractivity contribution in [2.75, 3.05) is 20.3 Å². The molecule has 0 radical (unpaired) electrons. The van der Waals surface area contributed by atoms with Crippen LogP contribution in [-0.2, 0) is 14.3 Å². The third-order valence-electron chi connectivity index (χ3n) is 8.34. The van der Waals surface area contributed by atoms with Crippen molar-refractivity contribution < 1.29 is 23.8 Å². The van der Waals surface area contributed by atoms with Crippen molar-refractivity contribution in [1.29, 1.82) is 0 Å². The molecule has 0 bridgehead atoms. The number of aromatic nitrogens is 2. The van der Waals surface area contributed by atoms with Crippen molar-refractivity contribution in [3.8, 4) is 11.4 Å². The predicted octanol–water partition coefficient (Wildman–Crippen LogP) is 5.54. The second-order valence-electron chi connectivity index (χ2n) is 11.1. The van der Waals surface area contributed by atoms with E-state index in [0.29, 0.717) is 38.5 Å². The standard InChI is InChI=1S/C37H35N3O6S/c1-7-45-35(42)24-13-15-26(16-14-24)39-21(3)19-25(23(39)5)20-31-34(41)40-33(32(36(43)46-8-2)22(4)38-37(40)47-31)29-17-18-30(44-6)28-12-10-9-11-27(28)29/h9-20,33H,7-8H2,1-6H3/b31-20-. The van der Waals surface area contributed by atoms with Crippen LogP contribution in [0.4, 0.5) is 0 Å². The van der Waals surface area contributed by atoms with Crippen molar-refractivity contribution in [1.82, 2.24) is 9.13 Å². The van der Waals surface area contributed by atoms with Crippen LogP contribution in [0.15, 0.2) is 87.8 Å². The van der Waals surface area contributed by atoms with Crippen LogP contribution in [0.5, 0.6) is 5.75 Å². The number of benzene rings is 3. The van der Waals surface area contributed by atoms with Crippen LogP contribution >= 0.6 is 11.3 Å². The van der Waals surface area contributed by atoms with Crippen LogP contribution in [0.1, 0.15) is 59.7 Å². The molecule has 5 aromatic rings. The summed E-state index contributed by atoms with van der Waals surface area (Å²) in [5, 5.41) is 1.73. The summed E-state index contributed by atoms with van der Waals surface area (Å²) >= 11 is 1.29. The zero-order chi connectivity index (χ0) is 33.4. The second kappa shape index (κ2) is 12.9. The van der Waals surface area contributed by atoms with Gasteiger partial charge in [-0.25, -0.2) is 14.6 Å². The molecule has 1 aliphatic rings. The average molecular weight is 650 g/mol. The number of hydrogen-bond donors (Lipinski definition) is 0. The Morgan fingerprint density at radius 2 is 1.60 bits per heavy atom. The number of carbonyl (C=O) groups is 2. The van der Waals surface area contributed by atoms with E-state index in [-0.39, 0.29) is 18.1 Å². The average Bonchev–Trinajstić information content (AvgIpc) is 3.52. The molecule has 1 unspecified atom stereocenters. The lowest BCUT2D eigenvalue weighted by Gasteiger charge is -2.26. The Kier molecular flexibility index (Phi) is 8.70. The molecule has 3 aromatic carbocycles. The molecule has 0 fully saturated rings. The van der Waals surface area contributed by atoms with E-state index in [1.807, 2.05) is 74.5 Å². The number of hydrogen-bond acceptors (Lipinski definition) is 8. The number of carbonyl (C=O) groups excluding carboxylic acids is 2. The molecule has 0 saturated carbocycles. The zero-order valence-corrected chi connectivity index (χ0v) is 27.9. The highest BCUT2D eigenvalue weighted by atomic mass is 32.1. The van der Waals surface area contributed by atoms with Crippen molar-refractivity contribution in [2.24, 2.45) is 4.99 Å². The number of methoxy groups -OCH3 is 1. The van der Waals surface area contributed by atoms with E-state index in [1.54, 1.807) is 44.6 Å². The summed E-state index contributed by atoms with van der Waals surface area (Å²) in [6.07, 6.45) is 1.88. The Morgan fingerprint density at radius 3 is 2.28 bits per heavy atom. The van der Waals surface area contributed by atoms with Gasteiger partial charge in [0.2, 0.25) is 0 Å². The summed E-state index contributed by atoms with van der Waals surface area (Å²) < 4.78 is 20.4. The van der Waals surface area contributed by atoms with Gasteiger partial charge in [-0.1, -0.05) is 41.7 Å². The molecule has 47 heavy (non-hydrogen) atoms. The van der Waals surface area contributed by atoms with Crippen molar-refractivity contribution in [2.45, 2.75) is 40.7 Å². The van der Waals surface area contributed by atoms with E-state index in [4.69, 9.17) is 19.2 Å². The minimum atomic E-state index is -0.756. The summed E-state index contributed by atoms with van der Waals surface area (Å²) in [5.74, 6) is -0.176. The molecule has 0 N–H and O–H groups in total. The van der Waals surface area contributed by atoms with Crippen LogP contribution < -0.4 is 19.6 Å². The van der Waals surface area contributed by atoms with Gasteiger partial charge >= 0.3 is 11.9 Å². The zero-order valence-electron chi connectivity index (χ0n) is 27.1. The van der Waals surface area contributed by atoms with Crippen LogP contribution in [0.25, 0.3) is 22.5 Å². The molecule has 10 heteroatoms. The summed E-state index contributed by atoms with van der Waals surface area (Å²) in [5.41, 5.74) is 5.48.